The average molecular weight is 472 g/mol. The van der Waals surface area contributed by atoms with Gasteiger partial charge < -0.3 is 4.90 Å². The second-order valence-corrected chi connectivity index (χ2v) is 11.2. The second-order valence-electron chi connectivity index (χ2n) is 11.2. The summed E-state index contributed by atoms with van der Waals surface area (Å²) in [6, 6.07) is 8.46. The molecular formula is C33H45NO. The second kappa shape index (κ2) is 12.1. The minimum atomic E-state index is 0.302. The van der Waals surface area contributed by atoms with Crippen molar-refractivity contribution in [3.05, 3.63) is 72.9 Å². The van der Waals surface area contributed by atoms with Crippen LogP contribution < -0.4 is 4.90 Å². The van der Waals surface area contributed by atoms with Crippen LogP contribution in [0.15, 0.2) is 67.3 Å². The molecule has 0 N–H and O–H groups in total. The fourth-order valence-corrected chi connectivity index (χ4v) is 6.88. The number of benzene rings is 1. The van der Waals surface area contributed by atoms with E-state index >= 15 is 0 Å². The number of carbonyl (C=O) groups excluding carboxylic acids is 1. The minimum Gasteiger partial charge on any atom is -0.312 e. The van der Waals surface area contributed by atoms with Gasteiger partial charge in [-0.1, -0.05) is 68.0 Å². The first-order chi connectivity index (χ1) is 17.1. The van der Waals surface area contributed by atoms with Crippen molar-refractivity contribution in [1.29, 1.82) is 0 Å². The number of unbranched alkanes of at least 4 members (excludes halogenated alkanes) is 1. The fourth-order valence-electron chi connectivity index (χ4n) is 6.88. The molecule has 1 aliphatic heterocycles. The lowest BCUT2D eigenvalue weighted by Gasteiger charge is -2.26. The van der Waals surface area contributed by atoms with E-state index in [1.807, 2.05) is 25.2 Å². The van der Waals surface area contributed by atoms with Crippen molar-refractivity contribution in [2.75, 3.05) is 11.4 Å². The van der Waals surface area contributed by atoms with Crippen LogP contribution in [-0.2, 0) is 4.79 Å². The van der Waals surface area contributed by atoms with Crippen molar-refractivity contribution in [1.82, 2.24) is 0 Å². The third-order valence-electron chi connectivity index (χ3n) is 9.01. The van der Waals surface area contributed by atoms with Crippen molar-refractivity contribution in [2.45, 2.75) is 84.5 Å². The zero-order valence-electron chi connectivity index (χ0n) is 22.1. The summed E-state index contributed by atoms with van der Waals surface area (Å²) in [6.07, 6.45) is 27.0. The number of amides is 1. The van der Waals surface area contributed by atoms with Crippen LogP contribution in [0.25, 0.3) is 5.57 Å². The van der Waals surface area contributed by atoms with Gasteiger partial charge in [0.05, 0.1) is 0 Å². The van der Waals surface area contributed by atoms with Gasteiger partial charge in [0, 0.05) is 18.7 Å². The van der Waals surface area contributed by atoms with E-state index in [2.05, 4.69) is 60.9 Å². The maximum Gasteiger partial charge on any atom is 0.227 e. The molecule has 4 rings (SSSR count). The van der Waals surface area contributed by atoms with E-state index in [-0.39, 0.29) is 0 Å². The molecular weight excluding hydrogens is 426 g/mol. The van der Waals surface area contributed by atoms with Crippen molar-refractivity contribution < 1.29 is 4.79 Å². The average Bonchev–Trinajstić information content (AvgIpc) is 3.61. The highest BCUT2D eigenvalue weighted by Crippen LogP contribution is 2.59. The summed E-state index contributed by atoms with van der Waals surface area (Å²) in [5, 5.41) is 0. The third-order valence-corrected chi connectivity index (χ3v) is 9.01. The Kier molecular flexibility index (Phi) is 8.87. The molecule has 0 spiro atoms. The lowest BCUT2D eigenvalue weighted by Crippen LogP contribution is -2.25. The minimum absolute atomic E-state index is 0.302. The number of carbonyl (C=O) groups is 1. The molecule has 1 heterocycles. The van der Waals surface area contributed by atoms with E-state index < -0.39 is 0 Å². The predicted molar refractivity (Wildman–Crippen MR) is 150 cm³/mol. The molecule has 0 radical (unpaired) electrons. The summed E-state index contributed by atoms with van der Waals surface area (Å²) < 4.78 is 0. The summed E-state index contributed by atoms with van der Waals surface area (Å²) in [7, 11) is 0. The Morgan fingerprint density at radius 2 is 1.97 bits per heavy atom. The molecule has 1 aromatic carbocycles. The Bertz CT molecular complexity index is 963. The first kappa shape index (κ1) is 25.7. The highest BCUT2D eigenvalue weighted by atomic mass is 16.2. The Morgan fingerprint density at radius 3 is 2.71 bits per heavy atom. The molecule has 2 heteroatoms. The quantitative estimate of drug-likeness (QED) is 0.144. The molecule has 3 unspecified atom stereocenters. The number of nitrogens with zero attached hydrogens (tertiary/aromatic N) is 1. The topological polar surface area (TPSA) is 20.3 Å². The molecule has 3 atom stereocenters. The summed E-state index contributed by atoms with van der Waals surface area (Å²) in [5.74, 6) is 2.43. The van der Waals surface area contributed by atoms with Gasteiger partial charge in [-0.3, -0.25) is 4.79 Å². The maximum absolute atomic E-state index is 13.1. The van der Waals surface area contributed by atoms with E-state index in [9.17, 15) is 4.79 Å². The first-order valence-electron chi connectivity index (χ1n) is 14.1. The number of rotatable bonds is 10. The van der Waals surface area contributed by atoms with Crippen molar-refractivity contribution >= 4 is 17.2 Å². The van der Waals surface area contributed by atoms with Crippen molar-refractivity contribution in [3.63, 3.8) is 0 Å². The zero-order valence-corrected chi connectivity index (χ0v) is 22.1. The number of allylic oxidation sites excluding steroid dienone is 7. The highest BCUT2D eigenvalue weighted by Gasteiger charge is 2.48. The smallest absolute Gasteiger partial charge is 0.227 e. The summed E-state index contributed by atoms with van der Waals surface area (Å²) in [5.41, 5.74) is 3.97. The summed E-state index contributed by atoms with van der Waals surface area (Å²) >= 11 is 0. The van der Waals surface area contributed by atoms with Crippen molar-refractivity contribution in [3.8, 4) is 0 Å². The Hall–Kier alpha value is -2.35. The number of anilines is 1. The van der Waals surface area contributed by atoms with E-state index in [1.54, 1.807) is 0 Å². The molecule has 35 heavy (non-hydrogen) atoms. The van der Waals surface area contributed by atoms with Gasteiger partial charge in [-0.05, 0) is 112 Å². The molecule has 2 aliphatic carbocycles. The van der Waals surface area contributed by atoms with Gasteiger partial charge in [-0.2, -0.15) is 0 Å². The zero-order chi connectivity index (χ0) is 24.7. The Morgan fingerprint density at radius 1 is 1.11 bits per heavy atom. The molecule has 1 aromatic rings. The molecule has 0 aromatic heterocycles. The van der Waals surface area contributed by atoms with Crippen LogP contribution in [-0.4, -0.2) is 12.5 Å². The standard InChI is InChI=1S/C33H45NO/c1-4-7-8-9-20-33(21-22-33)30-16-10-14-27(18-19-30)29-24-32(35)34(25-29)31-17-11-15-28(23-31)26(12-5-2)13-6-3/h4-7,11-13,15,17,23,27,29-30H,2,8-10,14,16,18-22,24-25H2,1,3H3. The molecule has 188 valence electrons. The van der Waals surface area contributed by atoms with Crippen LogP contribution in [0.3, 0.4) is 0 Å². The lowest BCUT2D eigenvalue weighted by atomic mass is 9.79. The normalized spacial score (nSPS) is 27.0. The number of hydrogen-bond donors (Lipinski definition) is 0. The van der Waals surface area contributed by atoms with Crippen LogP contribution in [0.1, 0.15) is 90.0 Å². The lowest BCUT2D eigenvalue weighted by molar-refractivity contribution is -0.117. The van der Waals surface area contributed by atoms with Crippen LogP contribution in [0.2, 0.25) is 0 Å². The fraction of sp³-hybridized carbons (Fsp3) is 0.545. The van der Waals surface area contributed by atoms with Crippen molar-refractivity contribution in [2.24, 2.45) is 23.2 Å². The molecule has 3 aliphatic rings. The largest absolute Gasteiger partial charge is 0.312 e. The highest BCUT2D eigenvalue weighted by molar-refractivity contribution is 5.96. The van der Waals surface area contributed by atoms with Gasteiger partial charge in [0.1, 0.15) is 0 Å². The molecule has 0 bridgehead atoms. The van der Waals surface area contributed by atoms with Gasteiger partial charge in [0.2, 0.25) is 5.91 Å². The SMILES string of the molecule is C=CC=C(C=CC)c1cccc(N2CC(C3CCCC(C4(CCCC=CC)CC4)CC3)CC2=O)c1. The first-order valence-corrected chi connectivity index (χ1v) is 14.1. The summed E-state index contributed by atoms with van der Waals surface area (Å²) in [4.78, 5) is 15.2. The molecule has 2 nitrogen and oxygen atoms in total. The Balaban J connectivity index is 1.38. The molecule has 1 saturated heterocycles. The van der Waals surface area contributed by atoms with Gasteiger partial charge >= 0.3 is 0 Å². The van der Waals surface area contributed by atoms with E-state index in [4.69, 9.17) is 0 Å². The molecule has 3 fully saturated rings. The van der Waals surface area contributed by atoms with E-state index in [0.29, 0.717) is 23.2 Å². The van der Waals surface area contributed by atoms with Crippen LogP contribution in [0.4, 0.5) is 5.69 Å². The van der Waals surface area contributed by atoms with Gasteiger partial charge in [0.25, 0.3) is 0 Å². The predicted octanol–water partition coefficient (Wildman–Crippen LogP) is 8.91. The molecule has 1 amide bonds. The van der Waals surface area contributed by atoms with E-state index in [1.165, 1.54) is 64.2 Å². The number of hydrogen-bond acceptors (Lipinski definition) is 1. The van der Waals surface area contributed by atoms with Gasteiger partial charge in [-0.15, -0.1) is 0 Å². The Labute approximate surface area is 213 Å². The van der Waals surface area contributed by atoms with Crippen LogP contribution in [0.5, 0.6) is 0 Å². The van der Waals surface area contributed by atoms with Gasteiger partial charge in [-0.25, -0.2) is 0 Å². The summed E-state index contributed by atoms with van der Waals surface area (Å²) in [6.45, 7) is 8.90. The monoisotopic (exact) mass is 471 g/mol. The third kappa shape index (κ3) is 6.26. The van der Waals surface area contributed by atoms with Crippen LogP contribution in [0, 0.1) is 23.2 Å². The van der Waals surface area contributed by atoms with Gasteiger partial charge in [0.15, 0.2) is 0 Å². The maximum atomic E-state index is 13.1. The molecule has 2 saturated carbocycles. The van der Waals surface area contributed by atoms with Crippen LogP contribution >= 0.6 is 0 Å². The van der Waals surface area contributed by atoms with E-state index in [0.717, 1.165) is 35.7 Å².